The Labute approximate surface area is 163 Å². The Balaban J connectivity index is 1.66. The quantitative estimate of drug-likeness (QED) is 0.670. The van der Waals surface area contributed by atoms with E-state index in [0.29, 0.717) is 18.2 Å². The van der Waals surface area contributed by atoms with Gasteiger partial charge in [-0.15, -0.1) is 0 Å². The average Bonchev–Trinajstić information content (AvgIpc) is 3.05. The van der Waals surface area contributed by atoms with Gasteiger partial charge < -0.3 is 9.64 Å². The highest BCUT2D eigenvalue weighted by Gasteiger charge is 2.24. The molecule has 4 rings (SSSR count). The number of fused-ring (bicyclic) bond motifs is 3. The van der Waals surface area contributed by atoms with Gasteiger partial charge in [0.05, 0.1) is 11.9 Å². The number of halogens is 1. The third kappa shape index (κ3) is 3.30. The first-order valence-corrected chi connectivity index (χ1v) is 9.29. The Morgan fingerprint density at radius 3 is 2.93 bits per heavy atom. The second-order valence-electron chi connectivity index (χ2n) is 6.58. The van der Waals surface area contributed by atoms with E-state index < -0.39 is 0 Å². The summed E-state index contributed by atoms with van der Waals surface area (Å²) in [6.07, 6.45) is 1.78. The van der Waals surface area contributed by atoms with Crippen LogP contribution in [0.2, 0.25) is 5.02 Å². The molecule has 0 spiro atoms. The monoisotopic (exact) mass is 381 g/mol. The van der Waals surface area contributed by atoms with Crippen molar-refractivity contribution in [3.63, 3.8) is 0 Å². The van der Waals surface area contributed by atoms with Crippen LogP contribution in [-0.4, -0.2) is 22.2 Å². The van der Waals surface area contributed by atoms with Crippen LogP contribution < -0.4 is 9.64 Å². The number of carbonyl (C=O) groups excluding carboxylic acids is 1. The van der Waals surface area contributed by atoms with Crippen molar-refractivity contribution in [1.82, 2.24) is 9.78 Å². The standard InChI is InChI=1S/C21H20ClN3O2/c1-3-24(17-6-4-5-16(22)10-17)20(26)12-25-21-15(11-23-25)13-27-19-8-7-14(2)9-18(19)21/h4-11H,3,12-13H2,1-2H3. The van der Waals surface area contributed by atoms with Crippen molar-refractivity contribution < 1.29 is 9.53 Å². The molecule has 0 saturated heterocycles. The van der Waals surface area contributed by atoms with Gasteiger partial charge >= 0.3 is 0 Å². The smallest absolute Gasteiger partial charge is 0.248 e. The molecule has 0 N–H and O–H groups in total. The number of hydrogen-bond donors (Lipinski definition) is 0. The van der Waals surface area contributed by atoms with Crippen LogP contribution in [-0.2, 0) is 17.9 Å². The van der Waals surface area contributed by atoms with Gasteiger partial charge in [-0.1, -0.05) is 29.3 Å². The predicted molar refractivity (Wildman–Crippen MR) is 106 cm³/mol. The fourth-order valence-corrected chi connectivity index (χ4v) is 3.62. The SMILES string of the molecule is CCN(C(=O)Cn1ncc2c1-c1cc(C)ccc1OC2)c1cccc(Cl)c1. The molecule has 138 valence electrons. The number of likely N-dealkylation sites (N-methyl/N-ethyl adjacent to an activating group) is 1. The van der Waals surface area contributed by atoms with Gasteiger partial charge in [0.2, 0.25) is 5.91 Å². The van der Waals surface area contributed by atoms with Crippen LogP contribution in [0.5, 0.6) is 5.75 Å². The van der Waals surface area contributed by atoms with Gasteiger partial charge in [0, 0.05) is 28.4 Å². The van der Waals surface area contributed by atoms with Crippen molar-refractivity contribution in [2.24, 2.45) is 0 Å². The van der Waals surface area contributed by atoms with Crippen LogP contribution in [0.15, 0.2) is 48.7 Å². The minimum Gasteiger partial charge on any atom is -0.488 e. The molecule has 0 fully saturated rings. The fourth-order valence-electron chi connectivity index (χ4n) is 3.43. The molecule has 1 amide bonds. The number of anilines is 1. The molecule has 1 aliphatic heterocycles. The minimum absolute atomic E-state index is 0.0358. The second kappa shape index (κ2) is 7.08. The summed E-state index contributed by atoms with van der Waals surface area (Å²) in [6.45, 7) is 5.16. The molecule has 2 heterocycles. The number of amides is 1. The third-order valence-electron chi connectivity index (χ3n) is 4.71. The lowest BCUT2D eigenvalue weighted by atomic mass is 10.0. The Hall–Kier alpha value is -2.79. The number of nitrogens with zero attached hydrogens (tertiary/aromatic N) is 3. The van der Waals surface area contributed by atoms with Crippen LogP contribution in [0, 0.1) is 6.92 Å². The summed E-state index contributed by atoms with van der Waals surface area (Å²) in [5, 5.41) is 5.07. The van der Waals surface area contributed by atoms with E-state index in [0.717, 1.165) is 33.8 Å². The summed E-state index contributed by atoms with van der Waals surface area (Å²) >= 11 is 6.09. The maximum absolute atomic E-state index is 13.0. The van der Waals surface area contributed by atoms with Crippen LogP contribution in [0.3, 0.4) is 0 Å². The maximum atomic E-state index is 13.0. The summed E-state index contributed by atoms with van der Waals surface area (Å²) in [4.78, 5) is 14.7. The molecule has 3 aromatic rings. The zero-order valence-corrected chi connectivity index (χ0v) is 16.0. The number of benzene rings is 2. The first kappa shape index (κ1) is 17.6. The Bertz CT molecular complexity index is 1010. The van der Waals surface area contributed by atoms with Crippen molar-refractivity contribution in [3.05, 3.63) is 64.8 Å². The lowest BCUT2D eigenvalue weighted by Gasteiger charge is -2.23. The van der Waals surface area contributed by atoms with Crippen molar-refractivity contribution in [2.45, 2.75) is 27.0 Å². The highest BCUT2D eigenvalue weighted by Crippen LogP contribution is 2.38. The first-order valence-electron chi connectivity index (χ1n) is 8.91. The van der Waals surface area contributed by atoms with Crippen molar-refractivity contribution in [2.75, 3.05) is 11.4 Å². The molecule has 0 saturated carbocycles. The van der Waals surface area contributed by atoms with Gasteiger partial charge in [-0.3, -0.25) is 9.48 Å². The molecule has 0 unspecified atom stereocenters. The summed E-state index contributed by atoms with van der Waals surface area (Å²) in [5.74, 6) is 0.788. The van der Waals surface area contributed by atoms with Gasteiger partial charge in [0.15, 0.2) is 0 Å². The Morgan fingerprint density at radius 1 is 1.30 bits per heavy atom. The van der Waals surface area contributed by atoms with E-state index in [2.05, 4.69) is 11.2 Å². The second-order valence-corrected chi connectivity index (χ2v) is 7.02. The van der Waals surface area contributed by atoms with Crippen molar-refractivity contribution in [1.29, 1.82) is 0 Å². The predicted octanol–water partition coefficient (Wildman–Crippen LogP) is 4.46. The van der Waals surface area contributed by atoms with Gasteiger partial charge in [0.25, 0.3) is 0 Å². The molecular formula is C21H20ClN3O2. The largest absolute Gasteiger partial charge is 0.488 e. The Morgan fingerprint density at radius 2 is 2.15 bits per heavy atom. The Kier molecular flexibility index (Phi) is 4.62. The van der Waals surface area contributed by atoms with Gasteiger partial charge in [-0.05, 0) is 44.2 Å². The number of ether oxygens (including phenoxy) is 1. The zero-order chi connectivity index (χ0) is 19.0. The first-order chi connectivity index (χ1) is 13.1. The summed E-state index contributed by atoms with van der Waals surface area (Å²) in [5.41, 5.74) is 4.85. The molecule has 1 aromatic heterocycles. The van der Waals surface area contributed by atoms with E-state index in [1.165, 1.54) is 0 Å². The highest BCUT2D eigenvalue weighted by atomic mass is 35.5. The van der Waals surface area contributed by atoms with Crippen LogP contribution in [0.4, 0.5) is 5.69 Å². The van der Waals surface area contributed by atoms with Crippen LogP contribution in [0.25, 0.3) is 11.3 Å². The number of rotatable bonds is 4. The molecule has 2 aromatic carbocycles. The van der Waals surface area contributed by atoms with E-state index in [-0.39, 0.29) is 12.5 Å². The topological polar surface area (TPSA) is 47.4 Å². The summed E-state index contributed by atoms with van der Waals surface area (Å²) < 4.78 is 7.58. The molecule has 0 radical (unpaired) electrons. The molecule has 6 heteroatoms. The van der Waals surface area contributed by atoms with E-state index in [4.69, 9.17) is 16.3 Å². The lowest BCUT2D eigenvalue weighted by molar-refractivity contribution is -0.119. The summed E-state index contributed by atoms with van der Waals surface area (Å²) in [7, 11) is 0. The zero-order valence-electron chi connectivity index (χ0n) is 15.3. The molecule has 5 nitrogen and oxygen atoms in total. The average molecular weight is 382 g/mol. The van der Waals surface area contributed by atoms with E-state index in [1.807, 2.05) is 38.1 Å². The maximum Gasteiger partial charge on any atom is 0.248 e. The molecule has 0 bridgehead atoms. The van der Waals surface area contributed by atoms with Gasteiger partial charge in [0.1, 0.15) is 18.9 Å². The fraction of sp³-hybridized carbons (Fsp3) is 0.238. The third-order valence-corrected chi connectivity index (χ3v) is 4.95. The van der Waals surface area contributed by atoms with Gasteiger partial charge in [-0.2, -0.15) is 5.10 Å². The number of aromatic nitrogens is 2. The molecule has 27 heavy (non-hydrogen) atoms. The highest BCUT2D eigenvalue weighted by molar-refractivity contribution is 6.30. The van der Waals surface area contributed by atoms with Gasteiger partial charge in [-0.25, -0.2) is 0 Å². The molecule has 1 aliphatic rings. The lowest BCUT2D eigenvalue weighted by Crippen LogP contribution is -2.34. The number of hydrogen-bond acceptors (Lipinski definition) is 3. The molecule has 0 aliphatic carbocycles. The number of aryl methyl sites for hydroxylation is 1. The molecule has 0 atom stereocenters. The van der Waals surface area contributed by atoms with Crippen LogP contribution in [0.1, 0.15) is 18.1 Å². The molecular weight excluding hydrogens is 362 g/mol. The van der Waals surface area contributed by atoms with E-state index in [9.17, 15) is 4.79 Å². The number of carbonyl (C=O) groups is 1. The van der Waals surface area contributed by atoms with Crippen molar-refractivity contribution in [3.8, 4) is 17.0 Å². The summed E-state index contributed by atoms with van der Waals surface area (Å²) in [6, 6.07) is 13.4. The van der Waals surface area contributed by atoms with Crippen LogP contribution >= 0.6 is 11.6 Å². The van der Waals surface area contributed by atoms with Crippen molar-refractivity contribution >= 4 is 23.2 Å². The van der Waals surface area contributed by atoms with E-state index in [1.54, 1.807) is 27.9 Å². The minimum atomic E-state index is -0.0358. The van der Waals surface area contributed by atoms with E-state index >= 15 is 0 Å². The normalized spacial score (nSPS) is 12.1.